The van der Waals surface area contributed by atoms with Crippen molar-refractivity contribution in [3.63, 3.8) is 0 Å². The number of rotatable bonds is 2. The van der Waals surface area contributed by atoms with E-state index in [9.17, 15) is 4.79 Å². The van der Waals surface area contributed by atoms with Crippen molar-refractivity contribution in [1.29, 1.82) is 0 Å². The molecule has 0 radical (unpaired) electrons. The van der Waals surface area contributed by atoms with Crippen LogP contribution in [0, 0.1) is 5.92 Å². The molecule has 2 heterocycles. The zero-order chi connectivity index (χ0) is 12.8. The van der Waals surface area contributed by atoms with E-state index in [4.69, 9.17) is 0 Å². The predicted octanol–water partition coefficient (Wildman–Crippen LogP) is 2.41. The monoisotopic (exact) mass is 256 g/mol. The van der Waals surface area contributed by atoms with E-state index >= 15 is 0 Å². The number of amides is 1. The molecule has 0 N–H and O–H groups in total. The second kappa shape index (κ2) is 4.34. The van der Waals surface area contributed by atoms with E-state index in [1.807, 2.05) is 0 Å². The van der Waals surface area contributed by atoms with Gasteiger partial charge in [0.2, 0.25) is 5.91 Å². The summed E-state index contributed by atoms with van der Waals surface area (Å²) in [6.07, 6.45) is 4.78. The van der Waals surface area contributed by atoms with Crippen LogP contribution in [0.1, 0.15) is 31.2 Å². The van der Waals surface area contributed by atoms with Crippen LogP contribution in [0.25, 0.3) is 0 Å². The second-order valence-corrected chi connectivity index (χ2v) is 6.15. The second-order valence-electron chi connectivity index (χ2n) is 6.15. The van der Waals surface area contributed by atoms with Gasteiger partial charge in [0.05, 0.1) is 6.04 Å². The molecule has 1 saturated heterocycles. The lowest BCUT2D eigenvalue weighted by molar-refractivity contribution is -0.122. The van der Waals surface area contributed by atoms with Crippen molar-refractivity contribution in [3.8, 4) is 0 Å². The van der Waals surface area contributed by atoms with Gasteiger partial charge >= 0.3 is 0 Å². The predicted molar refractivity (Wildman–Crippen MR) is 75.0 cm³/mol. The van der Waals surface area contributed by atoms with Crippen LogP contribution >= 0.6 is 0 Å². The summed E-state index contributed by atoms with van der Waals surface area (Å²) in [6.45, 7) is 2.94. The Kier molecular flexibility index (Phi) is 2.62. The average Bonchev–Trinajstić information content (AvgIpc) is 3.15. The van der Waals surface area contributed by atoms with Crippen LogP contribution < -0.4 is 4.90 Å². The first-order valence-electron chi connectivity index (χ1n) is 7.46. The maximum atomic E-state index is 12.8. The number of fused-ring (bicyclic) bond motifs is 2. The molecule has 19 heavy (non-hydrogen) atoms. The third-order valence-electron chi connectivity index (χ3n) is 4.71. The highest BCUT2D eigenvalue weighted by atomic mass is 16.2. The fourth-order valence-electron chi connectivity index (χ4n) is 3.47. The largest absolute Gasteiger partial charge is 0.310 e. The van der Waals surface area contributed by atoms with Crippen LogP contribution in [0.2, 0.25) is 0 Å². The minimum absolute atomic E-state index is 0.131. The number of anilines is 1. The molecular weight excluding hydrogens is 236 g/mol. The van der Waals surface area contributed by atoms with Crippen molar-refractivity contribution < 1.29 is 4.79 Å². The molecule has 1 amide bonds. The van der Waals surface area contributed by atoms with Crippen molar-refractivity contribution in [1.82, 2.24) is 4.90 Å². The molecule has 2 aliphatic heterocycles. The van der Waals surface area contributed by atoms with E-state index < -0.39 is 0 Å². The Morgan fingerprint density at radius 2 is 2.00 bits per heavy atom. The number of para-hydroxylation sites is 1. The molecular formula is C16H20N2O. The molecule has 3 nitrogen and oxygen atoms in total. The van der Waals surface area contributed by atoms with Gasteiger partial charge in [0, 0.05) is 18.8 Å². The Hall–Kier alpha value is -1.35. The first-order valence-corrected chi connectivity index (χ1v) is 7.46. The Bertz CT molecular complexity index is 509. The molecule has 1 unspecified atom stereocenters. The zero-order valence-corrected chi connectivity index (χ0v) is 11.2. The molecule has 0 spiro atoms. The molecule has 3 aliphatic rings. The Balaban J connectivity index is 1.75. The zero-order valence-electron chi connectivity index (χ0n) is 11.2. The van der Waals surface area contributed by atoms with E-state index in [0.29, 0.717) is 5.91 Å². The number of nitrogens with zero attached hydrogens (tertiary/aromatic N) is 2. The van der Waals surface area contributed by atoms with Crippen LogP contribution in [0.5, 0.6) is 0 Å². The molecule has 100 valence electrons. The van der Waals surface area contributed by atoms with Gasteiger partial charge in [0.25, 0.3) is 0 Å². The summed E-state index contributed by atoms with van der Waals surface area (Å²) in [5, 5.41) is 0. The highest BCUT2D eigenvalue weighted by Gasteiger charge is 2.39. The highest BCUT2D eigenvalue weighted by molar-refractivity contribution is 5.98. The first kappa shape index (κ1) is 11.5. The molecule has 1 saturated carbocycles. The molecule has 2 fully saturated rings. The number of carbonyl (C=O) groups excluding carboxylic acids is 1. The minimum Gasteiger partial charge on any atom is -0.310 e. The van der Waals surface area contributed by atoms with Gasteiger partial charge in [-0.1, -0.05) is 18.2 Å². The number of carbonyl (C=O) groups is 1. The molecule has 1 aliphatic carbocycles. The van der Waals surface area contributed by atoms with E-state index in [0.717, 1.165) is 44.1 Å². The highest BCUT2D eigenvalue weighted by Crippen LogP contribution is 2.36. The van der Waals surface area contributed by atoms with E-state index in [-0.39, 0.29) is 6.04 Å². The van der Waals surface area contributed by atoms with Gasteiger partial charge in [0.1, 0.15) is 0 Å². The Labute approximate surface area is 114 Å². The van der Waals surface area contributed by atoms with Crippen molar-refractivity contribution in [2.45, 2.75) is 38.3 Å². The standard InChI is InChI=1S/C16H20N2O/c19-16-15-6-3-9-17(15)11-13-4-1-2-5-14(13)18(16)10-12-7-8-12/h1-2,4-5,12,15H,3,6-11H2. The maximum absolute atomic E-state index is 12.8. The fraction of sp³-hybridized carbons (Fsp3) is 0.562. The van der Waals surface area contributed by atoms with E-state index in [1.54, 1.807) is 0 Å². The van der Waals surface area contributed by atoms with Crippen molar-refractivity contribution in [3.05, 3.63) is 29.8 Å². The van der Waals surface area contributed by atoms with Gasteiger partial charge in [-0.15, -0.1) is 0 Å². The molecule has 1 aromatic carbocycles. The summed E-state index contributed by atoms with van der Waals surface area (Å²) in [6, 6.07) is 8.59. The molecule has 4 rings (SSSR count). The lowest BCUT2D eigenvalue weighted by Gasteiger charge is -2.26. The summed E-state index contributed by atoms with van der Waals surface area (Å²) in [5.41, 5.74) is 2.48. The summed E-state index contributed by atoms with van der Waals surface area (Å²) < 4.78 is 0. The quantitative estimate of drug-likeness (QED) is 0.811. The smallest absolute Gasteiger partial charge is 0.244 e. The number of hydrogen-bond acceptors (Lipinski definition) is 2. The fourth-order valence-corrected chi connectivity index (χ4v) is 3.47. The molecule has 0 bridgehead atoms. The Morgan fingerprint density at radius 1 is 1.16 bits per heavy atom. The van der Waals surface area contributed by atoms with Gasteiger partial charge in [-0.25, -0.2) is 0 Å². The van der Waals surface area contributed by atoms with Gasteiger partial charge < -0.3 is 4.90 Å². The average molecular weight is 256 g/mol. The normalized spacial score (nSPS) is 27.1. The molecule has 3 heteroatoms. The van der Waals surface area contributed by atoms with Crippen LogP contribution in [-0.2, 0) is 11.3 Å². The van der Waals surface area contributed by atoms with E-state index in [1.165, 1.54) is 18.4 Å². The topological polar surface area (TPSA) is 23.6 Å². The van der Waals surface area contributed by atoms with Crippen LogP contribution in [0.15, 0.2) is 24.3 Å². The summed E-state index contributed by atoms with van der Waals surface area (Å²) in [7, 11) is 0. The van der Waals surface area contributed by atoms with Crippen LogP contribution in [-0.4, -0.2) is 29.9 Å². The van der Waals surface area contributed by atoms with Crippen LogP contribution in [0.3, 0.4) is 0 Å². The van der Waals surface area contributed by atoms with Crippen LogP contribution in [0.4, 0.5) is 5.69 Å². The maximum Gasteiger partial charge on any atom is 0.244 e. The lowest BCUT2D eigenvalue weighted by Crippen LogP contribution is -2.44. The molecule has 0 aromatic heterocycles. The lowest BCUT2D eigenvalue weighted by atomic mass is 10.1. The SMILES string of the molecule is O=C1C2CCCN2Cc2ccccc2N1CC1CC1. The van der Waals surface area contributed by atoms with Crippen molar-refractivity contribution in [2.24, 2.45) is 5.92 Å². The summed E-state index contributed by atoms with van der Waals surface area (Å²) >= 11 is 0. The summed E-state index contributed by atoms with van der Waals surface area (Å²) in [5.74, 6) is 1.08. The Morgan fingerprint density at radius 3 is 2.84 bits per heavy atom. The van der Waals surface area contributed by atoms with Gasteiger partial charge in [-0.05, 0) is 49.8 Å². The number of hydrogen-bond donors (Lipinski definition) is 0. The molecule has 1 aromatic rings. The van der Waals surface area contributed by atoms with Gasteiger partial charge in [-0.2, -0.15) is 0 Å². The van der Waals surface area contributed by atoms with Crippen molar-refractivity contribution in [2.75, 3.05) is 18.0 Å². The minimum atomic E-state index is 0.131. The van der Waals surface area contributed by atoms with E-state index in [2.05, 4.69) is 34.1 Å². The molecule has 1 atom stereocenters. The third kappa shape index (κ3) is 1.96. The van der Waals surface area contributed by atoms with Crippen molar-refractivity contribution >= 4 is 11.6 Å². The first-order chi connectivity index (χ1) is 9.33. The van der Waals surface area contributed by atoms with Gasteiger partial charge in [-0.3, -0.25) is 9.69 Å². The number of benzene rings is 1. The van der Waals surface area contributed by atoms with Gasteiger partial charge in [0.15, 0.2) is 0 Å². The summed E-state index contributed by atoms with van der Waals surface area (Å²) in [4.78, 5) is 17.3. The third-order valence-corrected chi connectivity index (χ3v) is 4.71.